The maximum absolute atomic E-state index is 12.0. The van der Waals surface area contributed by atoms with Crippen molar-refractivity contribution in [3.05, 3.63) is 24.3 Å². The molecule has 8 heteroatoms. The molecule has 0 saturated heterocycles. The maximum atomic E-state index is 12.0. The summed E-state index contributed by atoms with van der Waals surface area (Å²) in [5, 5.41) is 11.0. The maximum Gasteiger partial charge on any atom is 0.573 e. The first-order chi connectivity index (χ1) is 10.3. The summed E-state index contributed by atoms with van der Waals surface area (Å²) in [5.74, 6) is -0.594. The number of anilines is 1. The molecule has 22 heavy (non-hydrogen) atoms. The molecule has 1 aromatic rings. The van der Waals surface area contributed by atoms with Gasteiger partial charge >= 0.3 is 6.36 Å². The lowest BCUT2D eigenvalue weighted by Gasteiger charge is -2.13. The van der Waals surface area contributed by atoms with E-state index in [1.165, 1.54) is 12.1 Å². The van der Waals surface area contributed by atoms with Gasteiger partial charge in [-0.15, -0.1) is 13.2 Å². The first-order valence-corrected chi connectivity index (χ1v) is 6.64. The summed E-state index contributed by atoms with van der Waals surface area (Å²) in [6.07, 6.45) is -3.58. The number of amides is 1. The fraction of sp³-hybridized carbons (Fsp3) is 0.429. The Balaban J connectivity index is 2.43. The van der Waals surface area contributed by atoms with E-state index in [-0.39, 0.29) is 18.2 Å². The van der Waals surface area contributed by atoms with Gasteiger partial charge in [0.1, 0.15) is 5.75 Å². The van der Waals surface area contributed by atoms with Gasteiger partial charge in [0.25, 0.3) is 5.91 Å². The molecular weight excluding hydrogens is 299 g/mol. The number of alkyl halides is 3. The molecule has 0 fully saturated rings. The fourth-order valence-electron chi connectivity index (χ4n) is 1.78. The number of quaternary nitrogens is 1. The molecule has 1 atom stereocenters. The fourth-order valence-corrected chi connectivity index (χ4v) is 1.78. The van der Waals surface area contributed by atoms with Crippen LogP contribution in [0.4, 0.5) is 18.9 Å². The van der Waals surface area contributed by atoms with Gasteiger partial charge in [0.05, 0.1) is 19.7 Å². The molecule has 0 aliphatic heterocycles. The Labute approximate surface area is 126 Å². The van der Waals surface area contributed by atoms with Crippen LogP contribution in [0.5, 0.6) is 5.75 Å². The van der Waals surface area contributed by atoms with E-state index in [9.17, 15) is 18.0 Å². The Kier molecular flexibility index (Phi) is 6.66. The van der Waals surface area contributed by atoms with Crippen LogP contribution < -0.4 is 15.0 Å². The van der Waals surface area contributed by atoms with Crippen LogP contribution in [0.3, 0.4) is 0 Å². The largest absolute Gasteiger partial charge is 0.573 e. The second-order valence-electron chi connectivity index (χ2n) is 4.77. The number of benzene rings is 1. The van der Waals surface area contributed by atoms with Crippen molar-refractivity contribution in [2.75, 3.05) is 25.5 Å². The van der Waals surface area contributed by atoms with E-state index in [1.54, 1.807) is 0 Å². The van der Waals surface area contributed by atoms with Crippen molar-refractivity contribution in [2.24, 2.45) is 0 Å². The van der Waals surface area contributed by atoms with Gasteiger partial charge in [-0.05, 0) is 24.3 Å². The molecule has 1 amide bonds. The van der Waals surface area contributed by atoms with E-state index in [0.717, 1.165) is 17.0 Å². The van der Waals surface area contributed by atoms with Crippen LogP contribution in [0, 0.1) is 11.3 Å². The Morgan fingerprint density at radius 1 is 1.36 bits per heavy atom. The molecule has 0 saturated carbocycles. The molecule has 0 heterocycles. The highest BCUT2D eigenvalue weighted by Crippen LogP contribution is 2.23. The van der Waals surface area contributed by atoms with E-state index >= 15 is 0 Å². The van der Waals surface area contributed by atoms with Crippen LogP contribution in [0.1, 0.15) is 12.8 Å². The first kappa shape index (κ1) is 17.8. The lowest BCUT2D eigenvalue weighted by Crippen LogP contribution is -3.10. The molecule has 120 valence electrons. The van der Waals surface area contributed by atoms with Crippen LogP contribution in [0.25, 0.3) is 0 Å². The SMILES string of the molecule is C[NH+](CCCC#N)CC(=O)Nc1ccc(OC(F)(F)F)cc1. The number of carbonyl (C=O) groups excluding carboxylic acids is 1. The Hall–Kier alpha value is -2.27. The normalized spacial score (nSPS) is 12.3. The monoisotopic (exact) mass is 316 g/mol. The minimum absolute atomic E-state index is 0.215. The summed E-state index contributed by atoms with van der Waals surface area (Å²) in [4.78, 5) is 12.7. The van der Waals surface area contributed by atoms with E-state index in [4.69, 9.17) is 5.26 Å². The van der Waals surface area contributed by atoms with Gasteiger partial charge in [-0.1, -0.05) is 0 Å². The summed E-state index contributed by atoms with van der Waals surface area (Å²) in [7, 11) is 1.83. The third kappa shape index (κ3) is 7.50. The minimum Gasteiger partial charge on any atom is -0.406 e. The zero-order valence-electron chi connectivity index (χ0n) is 12.0. The first-order valence-electron chi connectivity index (χ1n) is 6.64. The van der Waals surface area contributed by atoms with Gasteiger partial charge in [0, 0.05) is 18.5 Å². The molecule has 2 N–H and O–H groups in total. The molecule has 0 bridgehead atoms. The third-order valence-corrected chi connectivity index (χ3v) is 2.73. The molecule has 0 aliphatic rings. The van der Waals surface area contributed by atoms with Crippen molar-refractivity contribution < 1.29 is 27.6 Å². The number of hydrogen-bond acceptors (Lipinski definition) is 3. The average Bonchev–Trinajstić information content (AvgIpc) is 2.39. The van der Waals surface area contributed by atoms with Crippen LogP contribution in [0.15, 0.2) is 24.3 Å². The second-order valence-corrected chi connectivity index (χ2v) is 4.77. The highest BCUT2D eigenvalue weighted by atomic mass is 19.4. The number of carbonyl (C=O) groups is 1. The molecule has 5 nitrogen and oxygen atoms in total. The smallest absolute Gasteiger partial charge is 0.406 e. The molecule has 0 spiro atoms. The number of hydrogen-bond donors (Lipinski definition) is 2. The molecule has 0 radical (unpaired) electrons. The van der Waals surface area contributed by atoms with Crippen molar-refractivity contribution >= 4 is 11.6 Å². The molecule has 1 aromatic carbocycles. The van der Waals surface area contributed by atoms with Crippen molar-refractivity contribution in [1.29, 1.82) is 5.26 Å². The summed E-state index contributed by atoms with van der Waals surface area (Å²) in [5.41, 5.74) is 0.393. The number of rotatable bonds is 7. The predicted molar refractivity (Wildman–Crippen MR) is 73.2 cm³/mol. The van der Waals surface area contributed by atoms with E-state index in [0.29, 0.717) is 25.1 Å². The summed E-state index contributed by atoms with van der Waals surface area (Å²) >= 11 is 0. The molecular formula is C14H17F3N3O2+. The number of nitrogens with one attached hydrogen (secondary N) is 2. The number of nitrogens with zero attached hydrogens (tertiary/aromatic N) is 1. The lowest BCUT2D eigenvalue weighted by molar-refractivity contribution is -0.871. The molecule has 1 rings (SSSR count). The molecule has 0 aliphatic carbocycles. The van der Waals surface area contributed by atoms with Gasteiger partial charge < -0.3 is 15.0 Å². The van der Waals surface area contributed by atoms with Crippen molar-refractivity contribution in [3.8, 4) is 11.8 Å². The van der Waals surface area contributed by atoms with Crippen molar-refractivity contribution in [3.63, 3.8) is 0 Å². The Morgan fingerprint density at radius 3 is 2.55 bits per heavy atom. The lowest BCUT2D eigenvalue weighted by atomic mass is 10.3. The van der Waals surface area contributed by atoms with Crippen molar-refractivity contribution in [1.82, 2.24) is 0 Å². The zero-order chi connectivity index (χ0) is 16.6. The third-order valence-electron chi connectivity index (χ3n) is 2.73. The summed E-state index contributed by atoms with van der Waals surface area (Å²) in [6.45, 7) is 0.908. The minimum atomic E-state index is -4.74. The highest BCUT2D eigenvalue weighted by molar-refractivity contribution is 5.91. The number of halogens is 3. The number of likely N-dealkylation sites (N-methyl/N-ethyl adjacent to an activating group) is 1. The van der Waals surface area contributed by atoms with Gasteiger partial charge in [0.15, 0.2) is 6.54 Å². The van der Waals surface area contributed by atoms with Crippen LogP contribution in [-0.2, 0) is 4.79 Å². The van der Waals surface area contributed by atoms with E-state index in [2.05, 4.69) is 10.1 Å². The van der Waals surface area contributed by atoms with Crippen LogP contribution in [0.2, 0.25) is 0 Å². The molecule has 0 aromatic heterocycles. The topological polar surface area (TPSA) is 66.6 Å². The standard InChI is InChI=1S/C14H16F3N3O2/c1-20(9-3-2-8-18)10-13(21)19-11-4-6-12(7-5-11)22-14(15,16)17/h4-7H,2-3,9-10H2,1H3,(H,19,21)/p+1. The van der Waals surface area contributed by atoms with Crippen molar-refractivity contribution in [2.45, 2.75) is 19.2 Å². The quantitative estimate of drug-likeness (QED) is 0.746. The zero-order valence-corrected chi connectivity index (χ0v) is 12.0. The summed E-state index contributed by atoms with van der Waals surface area (Å²) < 4.78 is 39.8. The summed E-state index contributed by atoms with van der Waals surface area (Å²) in [6, 6.07) is 6.97. The van der Waals surface area contributed by atoms with E-state index in [1.807, 2.05) is 13.1 Å². The number of ether oxygens (including phenoxy) is 1. The van der Waals surface area contributed by atoms with Crippen LogP contribution >= 0.6 is 0 Å². The van der Waals surface area contributed by atoms with Crippen LogP contribution in [-0.4, -0.2) is 32.4 Å². The Bertz CT molecular complexity index is 524. The second kappa shape index (κ2) is 8.24. The van der Waals surface area contributed by atoms with Gasteiger partial charge in [-0.2, -0.15) is 5.26 Å². The number of nitriles is 1. The molecule has 1 unspecified atom stereocenters. The van der Waals surface area contributed by atoms with Gasteiger partial charge in [0.2, 0.25) is 0 Å². The number of unbranched alkanes of at least 4 members (excludes halogenated alkanes) is 1. The Morgan fingerprint density at radius 2 is 2.00 bits per heavy atom. The average molecular weight is 316 g/mol. The predicted octanol–water partition coefficient (Wildman–Crippen LogP) is 1.34. The highest BCUT2D eigenvalue weighted by Gasteiger charge is 2.30. The van der Waals surface area contributed by atoms with E-state index < -0.39 is 6.36 Å². The van der Waals surface area contributed by atoms with Gasteiger partial charge in [-0.25, -0.2) is 0 Å². The van der Waals surface area contributed by atoms with Gasteiger partial charge in [-0.3, -0.25) is 4.79 Å².